The zero-order valence-corrected chi connectivity index (χ0v) is 22.0. The van der Waals surface area contributed by atoms with Crippen molar-refractivity contribution in [1.29, 1.82) is 5.26 Å². The highest BCUT2D eigenvalue weighted by molar-refractivity contribution is 6.74. The summed E-state index contributed by atoms with van der Waals surface area (Å²) in [7, 11) is -4.02. The summed E-state index contributed by atoms with van der Waals surface area (Å²) in [4.78, 5) is 0. The van der Waals surface area contributed by atoms with Crippen LogP contribution >= 0.6 is 0 Å². The van der Waals surface area contributed by atoms with Gasteiger partial charge in [0.1, 0.15) is 0 Å². The molecule has 0 amide bonds. The number of terminal acetylenes is 1. The molecule has 0 aliphatic rings. The maximum absolute atomic E-state index is 9.22. The van der Waals surface area contributed by atoms with Gasteiger partial charge in [-0.05, 0) is 42.7 Å². The fourth-order valence-corrected chi connectivity index (χ4v) is 5.25. The Morgan fingerprint density at radius 1 is 1.00 bits per heavy atom. The van der Waals surface area contributed by atoms with Crippen molar-refractivity contribution in [3.05, 3.63) is 12.7 Å². The van der Waals surface area contributed by atoms with Crippen LogP contribution < -0.4 is 0 Å². The molecule has 0 rings (SSSR count). The molecule has 0 radical (unpaired) electrons. The average Bonchev–Trinajstić information content (AvgIpc) is 2.51. The summed E-state index contributed by atoms with van der Waals surface area (Å²) in [6, 6.07) is 2.29. The minimum absolute atomic E-state index is 0.0245. The second kappa shape index (κ2) is 10.3. The molecule has 3 atom stereocenters. The highest BCUT2D eigenvalue weighted by atomic mass is 28.4. The van der Waals surface area contributed by atoms with E-state index in [1.54, 1.807) is 0 Å². The number of hydrogen-bond acceptors (Lipinski definition) is 3. The summed E-state index contributed by atoms with van der Waals surface area (Å²) in [6.45, 7) is 26.4. The van der Waals surface area contributed by atoms with Crippen molar-refractivity contribution in [3.63, 3.8) is 0 Å². The molecule has 0 aromatic heterocycles. The molecule has 0 aliphatic carbocycles. The van der Waals surface area contributed by atoms with Crippen LogP contribution in [0.3, 0.4) is 0 Å². The maximum Gasteiger partial charge on any atom is 0.192 e. The van der Waals surface area contributed by atoms with E-state index in [1.165, 1.54) is 0 Å². The minimum atomic E-state index is -2.02. The quantitative estimate of drug-likeness (QED) is 0.219. The molecule has 3 nitrogen and oxygen atoms in total. The fraction of sp³-hybridized carbons (Fsp3) is 0.783. The third-order valence-electron chi connectivity index (χ3n) is 6.53. The molecule has 5 heteroatoms. The zero-order chi connectivity index (χ0) is 22.4. The molecule has 0 saturated heterocycles. The number of nitrogens with zero attached hydrogens (tertiary/aromatic N) is 1. The average molecular weight is 422 g/mol. The van der Waals surface area contributed by atoms with Crippen LogP contribution in [0.15, 0.2) is 12.7 Å². The SMILES string of the molecule is C#CC[C@@H](O[Si](C)(C)C(C)(C)C)[C@H](CCC#N)[C@@H](C=C)O[Si](C)(C)C(C)(C)C. The standard InChI is InChI=1S/C23H43NO2Si2/c1-13-16-21(26-28(11,12)23(6,7)8)19(17-15-18-24)20(14-2)25-27(9,10)22(3,4)5/h1,14,19-21H,2,15-17H2,3-12H3/t19-,20-,21-/m1/s1. The highest BCUT2D eigenvalue weighted by Crippen LogP contribution is 2.42. The topological polar surface area (TPSA) is 42.2 Å². The molecule has 0 unspecified atom stereocenters. The summed E-state index contributed by atoms with van der Waals surface area (Å²) in [6.07, 6.45) is 8.99. The monoisotopic (exact) mass is 421 g/mol. The van der Waals surface area contributed by atoms with E-state index in [0.717, 1.165) is 0 Å². The molecule has 0 bridgehead atoms. The fourth-order valence-electron chi connectivity index (χ4n) is 2.57. The van der Waals surface area contributed by atoms with E-state index in [0.29, 0.717) is 19.3 Å². The molecule has 0 fully saturated rings. The summed E-state index contributed by atoms with van der Waals surface area (Å²) in [5.74, 6) is 2.83. The summed E-state index contributed by atoms with van der Waals surface area (Å²) >= 11 is 0. The molecular weight excluding hydrogens is 378 g/mol. The van der Waals surface area contributed by atoms with Crippen molar-refractivity contribution >= 4 is 16.6 Å². The maximum atomic E-state index is 9.22. The third-order valence-corrected chi connectivity index (χ3v) is 15.5. The van der Waals surface area contributed by atoms with Gasteiger partial charge in [0.15, 0.2) is 16.6 Å². The van der Waals surface area contributed by atoms with Gasteiger partial charge < -0.3 is 8.85 Å². The molecule has 0 spiro atoms. The predicted molar refractivity (Wildman–Crippen MR) is 126 cm³/mol. The van der Waals surface area contributed by atoms with E-state index in [9.17, 15) is 5.26 Å². The second-order valence-electron chi connectivity index (χ2n) is 10.8. The van der Waals surface area contributed by atoms with Gasteiger partial charge in [0.05, 0.1) is 18.3 Å². The first-order valence-electron chi connectivity index (χ1n) is 10.3. The van der Waals surface area contributed by atoms with Crippen LogP contribution in [-0.4, -0.2) is 28.8 Å². The van der Waals surface area contributed by atoms with E-state index in [4.69, 9.17) is 15.3 Å². The molecule has 160 valence electrons. The Morgan fingerprint density at radius 3 is 1.82 bits per heavy atom. The zero-order valence-electron chi connectivity index (χ0n) is 20.0. The first kappa shape index (κ1) is 27.1. The highest BCUT2D eigenvalue weighted by Gasteiger charge is 2.44. The molecular formula is C23H43NO2Si2. The Bertz CT molecular complexity index is 586. The van der Waals surface area contributed by atoms with Gasteiger partial charge >= 0.3 is 0 Å². The summed E-state index contributed by atoms with van der Waals surface area (Å²) in [5.41, 5.74) is 0. The van der Waals surface area contributed by atoms with Crippen molar-refractivity contribution in [2.24, 2.45) is 5.92 Å². The molecule has 0 aliphatic heterocycles. The number of rotatable bonds is 10. The number of nitriles is 1. The largest absolute Gasteiger partial charge is 0.413 e. The molecule has 0 aromatic carbocycles. The normalized spacial score (nSPS) is 16.6. The van der Waals surface area contributed by atoms with Gasteiger partial charge in [0.25, 0.3) is 0 Å². The molecule has 0 N–H and O–H groups in total. The van der Waals surface area contributed by atoms with E-state index in [1.807, 2.05) is 6.08 Å². The first-order chi connectivity index (χ1) is 12.5. The second-order valence-corrected chi connectivity index (χ2v) is 20.3. The van der Waals surface area contributed by atoms with E-state index in [2.05, 4.69) is 86.3 Å². The lowest BCUT2D eigenvalue weighted by Gasteiger charge is -2.45. The van der Waals surface area contributed by atoms with Crippen molar-refractivity contribution < 1.29 is 8.85 Å². The van der Waals surface area contributed by atoms with Crippen molar-refractivity contribution in [3.8, 4) is 18.4 Å². The van der Waals surface area contributed by atoms with Gasteiger partial charge in [-0.2, -0.15) is 5.26 Å². The Kier molecular flexibility index (Phi) is 9.94. The molecule has 0 aromatic rings. The predicted octanol–water partition coefficient (Wildman–Crippen LogP) is 6.90. The van der Waals surface area contributed by atoms with Crippen LogP contribution in [0.1, 0.15) is 60.8 Å². The van der Waals surface area contributed by atoms with Gasteiger partial charge in [-0.25, -0.2) is 0 Å². The van der Waals surface area contributed by atoms with Crippen LogP contribution in [0.4, 0.5) is 0 Å². The lowest BCUT2D eigenvalue weighted by molar-refractivity contribution is 0.0464. The van der Waals surface area contributed by atoms with Crippen molar-refractivity contribution in [2.45, 2.75) is 109 Å². The van der Waals surface area contributed by atoms with Gasteiger partial charge in [-0.1, -0.05) is 47.6 Å². The van der Waals surface area contributed by atoms with E-state index < -0.39 is 16.6 Å². The van der Waals surface area contributed by atoms with E-state index >= 15 is 0 Å². The van der Waals surface area contributed by atoms with Crippen LogP contribution in [0.25, 0.3) is 0 Å². The summed E-state index contributed by atoms with van der Waals surface area (Å²) in [5, 5.41) is 9.40. The smallest absolute Gasteiger partial charge is 0.192 e. The Morgan fingerprint density at radius 2 is 1.46 bits per heavy atom. The van der Waals surface area contributed by atoms with Crippen LogP contribution in [-0.2, 0) is 8.85 Å². The molecule has 0 heterocycles. The Hall–Kier alpha value is -0.856. The van der Waals surface area contributed by atoms with E-state index in [-0.39, 0.29) is 28.2 Å². The van der Waals surface area contributed by atoms with Crippen LogP contribution in [0.5, 0.6) is 0 Å². The lowest BCUT2D eigenvalue weighted by atomic mass is 9.89. The minimum Gasteiger partial charge on any atom is -0.413 e. The van der Waals surface area contributed by atoms with Gasteiger partial charge in [-0.15, -0.1) is 18.9 Å². The third kappa shape index (κ3) is 7.52. The van der Waals surface area contributed by atoms with Crippen molar-refractivity contribution in [1.82, 2.24) is 0 Å². The molecule has 0 saturated carbocycles. The Labute approximate surface area is 177 Å². The lowest BCUT2D eigenvalue weighted by Crippen LogP contribution is -2.50. The van der Waals surface area contributed by atoms with Crippen LogP contribution in [0.2, 0.25) is 36.3 Å². The molecule has 28 heavy (non-hydrogen) atoms. The van der Waals surface area contributed by atoms with Crippen LogP contribution in [0, 0.1) is 29.6 Å². The number of hydrogen-bond donors (Lipinski definition) is 0. The van der Waals surface area contributed by atoms with Crippen molar-refractivity contribution in [2.75, 3.05) is 0 Å². The van der Waals surface area contributed by atoms with Gasteiger partial charge in [-0.3, -0.25) is 0 Å². The Balaban J connectivity index is 5.94. The summed E-state index contributed by atoms with van der Waals surface area (Å²) < 4.78 is 13.5. The van der Waals surface area contributed by atoms with Gasteiger partial charge in [0.2, 0.25) is 0 Å². The first-order valence-corrected chi connectivity index (χ1v) is 16.1. The van der Waals surface area contributed by atoms with Gasteiger partial charge in [0, 0.05) is 18.8 Å².